The van der Waals surface area contributed by atoms with Gasteiger partial charge < -0.3 is 0 Å². The van der Waals surface area contributed by atoms with Gasteiger partial charge in [-0.1, -0.05) is 133 Å². The Balaban J connectivity index is 1.10. The van der Waals surface area contributed by atoms with Crippen LogP contribution in [0.15, 0.2) is 164 Å². The van der Waals surface area contributed by atoms with Gasteiger partial charge in [0.05, 0.1) is 5.69 Å². The highest BCUT2D eigenvalue weighted by Crippen LogP contribution is 2.45. The predicted octanol–water partition coefficient (Wildman–Crippen LogP) is 12.1. The van der Waals surface area contributed by atoms with Gasteiger partial charge in [-0.25, -0.2) is 9.97 Å². The molecule has 0 spiro atoms. The first-order chi connectivity index (χ1) is 24.3. The van der Waals surface area contributed by atoms with Crippen LogP contribution in [0.1, 0.15) is 0 Å². The summed E-state index contributed by atoms with van der Waals surface area (Å²) >= 11 is 0. The second-order valence-corrected chi connectivity index (χ2v) is 13.0. The lowest BCUT2D eigenvalue weighted by Gasteiger charge is -2.18. The molecule has 0 radical (unpaired) electrons. The maximum atomic E-state index is 4.69. The van der Waals surface area contributed by atoms with Gasteiger partial charge in [-0.3, -0.25) is 4.40 Å². The van der Waals surface area contributed by atoms with Crippen LogP contribution in [0.2, 0.25) is 0 Å². The molecule has 226 valence electrons. The molecule has 9 aromatic carbocycles. The Kier molecular flexibility index (Phi) is 5.38. The lowest BCUT2D eigenvalue weighted by atomic mass is 9.85. The Hall–Kier alpha value is -6.58. The molecule has 2 aromatic heterocycles. The molecular weight excluding hydrogens is 595 g/mol. The van der Waals surface area contributed by atoms with Crippen molar-refractivity contribution in [2.75, 3.05) is 0 Å². The monoisotopic (exact) mass is 621 g/mol. The molecule has 0 amide bonds. The fraction of sp³-hybridized carbons (Fsp3) is 0. The van der Waals surface area contributed by atoms with Crippen molar-refractivity contribution < 1.29 is 0 Å². The molecule has 2 heterocycles. The molecule has 49 heavy (non-hydrogen) atoms. The van der Waals surface area contributed by atoms with Gasteiger partial charge in [0.25, 0.3) is 0 Å². The highest BCUT2D eigenvalue weighted by atomic mass is 15.1. The Morgan fingerprint density at radius 2 is 0.918 bits per heavy atom. The van der Waals surface area contributed by atoms with E-state index in [1.807, 2.05) is 22.9 Å². The van der Waals surface area contributed by atoms with Crippen LogP contribution >= 0.6 is 0 Å². The number of hydrogen-bond donors (Lipinski definition) is 0. The average molecular weight is 622 g/mol. The molecule has 0 fully saturated rings. The number of hydrogen-bond acceptors (Lipinski definition) is 2. The van der Waals surface area contributed by atoms with Gasteiger partial charge in [-0.05, 0) is 99.0 Å². The summed E-state index contributed by atoms with van der Waals surface area (Å²) in [7, 11) is 0. The molecule has 11 rings (SSSR count). The molecule has 0 aliphatic heterocycles. The van der Waals surface area contributed by atoms with Gasteiger partial charge in [0.2, 0.25) is 5.78 Å². The third-order valence-electron chi connectivity index (χ3n) is 10.4. The highest BCUT2D eigenvalue weighted by Gasteiger charge is 2.17. The second-order valence-electron chi connectivity index (χ2n) is 13.0. The number of fused-ring (bicyclic) bond motifs is 3. The number of rotatable bonds is 3. The first-order valence-corrected chi connectivity index (χ1v) is 16.7. The third-order valence-corrected chi connectivity index (χ3v) is 10.4. The molecule has 0 N–H and O–H groups in total. The number of benzene rings is 8. The van der Waals surface area contributed by atoms with Crippen molar-refractivity contribution in [2.45, 2.75) is 0 Å². The SMILES string of the molecule is c1cc2ccc3cccc4c5cccc6c(-c7ccc(-c8ccc(-c9cn%10cccnc%10n9)cc8)cc7)cc7cccc(c(c1)c2c34)c7c65. The van der Waals surface area contributed by atoms with Crippen molar-refractivity contribution in [3.8, 4) is 33.5 Å². The zero-order valence-electron chi connectivity index (χ0n) is 26.4. The first kappa shape index (κ1) is 26.5. The van der Waals surface area contributed by atoms with Crippen molar-refractivity contribution in [3.05, 3.63) is 164 Å². The normalized spacial score (nSPS) is 12.1. The fourth-order valence-electron chi connectivity index (χ4n) is 8.19. The zero-order chi connectivity index (χ0) is 32.1. The van der Waals surface area contributed by atoms with Gasteiger partial charge in [0.1, 0.15) is 0 Å². The summed E-state index contributed by atoms with van der Waals surface area (Å²) in [5.41, 5.74) is 6.82. The maximum Gasteiger partial charge on any atom is 0.234 e. The van der Waals surface area contributed by atoms with E-state index in [2.05, 4.69) is 149 Å². The van der Waals surface area contributed by atoms with E-state index >= 15 is 0 Å². The van der Waals surface area contributed by atoms with E-state index in [1.54, 1.807) is 6.20 Å². The van der Waals surface area contributed by atoms with Crippen LogP contribution in [-0.2, 0) is 0 Å². The largest absolute Gasteiger partial charge is 0.291 e. The van der Waals surface area contributed by atoms with Crippen LogP contribution < -0.4 is 0 Å². The Morgan fingerprint density at radius 1 is 0.408 bits per heavy atom. The van der Waals surface area contributed by atoms with Gasteiger partial charge in [-0.15, -0.1) is 0 Å². The third kappa shape index (κ3) is 3.84. The molecule has 0 unspecified atom stereocenters. The number of imidazole rings is 1. The maximum absolute atomic E-state index is 4.69. The minimum absolute atomic E-state index is 0.707. The predicted molar refractivity (Wildman–Crippen MR) is 206 cm³/mol. The molecule has 0 saturated carbocycles. The molecule has 0 aliphatic rings. The minimum atomic E-state index is 0.707. The first-order valence-electron chi connectivity index (χ1n) is 16.7. The molecule has 0 saturated heterocycles. The lowest BCUT2D eigenvalue weighted by molar-refractivity contribution is 1.11. The van der Waals surface area contributed by atoms with Crippen molar-refractivity contribution in [3.63, 3.8) is 0 Å². The van der Waals surface area contributed by atoms with E-state index in [0.29, 0.717) is 5.78 Å². The van der Waals surface area contributed by atoms with Gasteiger partial charge in [-0.2, -0.15) is 0 Å². The quantitative estimate of drug-likeness (QED) is 0.184. The summed E-state index contributed by atoms with van der Waals surface area (Å²) in [6.45, 7) is 0. The second kappa shape index (κ2) is 9.96. The van der Waals surface area contributed by atoms with E-state index in [1.165, 1.54) is 86.9 Å². The van der Waals surface area contributed by atoms with Crippen LogP contribution in [0, 0.1) is 0 Å². The molecule has 0 bridgehead atoms. The molecule has 3 heteroatoms. The molecular formula is C46H27N3. The van der Waals surface area contributed by atoms with E-state index in [9.17, 15) is 0 Å². The topological polar surface area (TPSA) is 30.2 Å². The van der Waals surface area contributed by atoms with E-state index in [0.717, 1.165) is 11.3 Å². The van der Waals surface area contributed by atoms with Crippen molar-refractivity contribution in [2.24, 2.45) is 0 Å². The minimum Gasteiger partial charge on any atom is -0.291 e. The summed E-state index contributed by atoms with van der Waals surface area (Å²) < 4.78 is 1.95. The highest BCUT2D eigenvalue weighted by molar-refractivity contribution is 6.37. The number of nitrogens with zero attached hydrogens (tertiary/aromatic N) is 3. The van der Waals surface area contributed by atoms with Crippen molar-refractivity contribution >= 4 is 70.4 Å². The van der Waals surface area contributed by atoms with Crippen molar-refractivity contribution in [1.29, 1.82) is 0 Å². The summed E-state index contributed by atoms with van der Waals surface area (Å²) in [4.78, 5) is 9.05. The van der Waals surface area contributed by atoms with Gasteiger partial charge >= 0.3 is 0 Å². The van der Waals surface area contributed by atoms with E-state index in [-0.39, 0.29) is 0 Å². The summed E-state index contributed by atoms with van der Waals surface area (Å²) in [5, 5.41) is 15.6. The smallest absolute Gasteiger partial charge is 0.234 e. The Labute approximate surface area is 281 Å². The van der Waals surface area contributed by atoms with Gasteiger partial charge in [0, 0.05) is 24.2 Å². The zero-order valence-corrected chi connectivity index (χ0v) is 26.4. The molecule has 3 nitrogen and oxygen atoms in total. The van der Waals surface area contributed by atoms with Crippen LogP contribution in [0.3, 0.4) is 0 Å². The van der Waals surface area contributed by atoms with Gasteiger partial charge in [0.15, 0.2) is 0 Å². The molecule has 0 aliphatic carbocycles. The van der Waals surface area contributed by atoms with Crippen molar-refractivity contribution in [1.82, 2.24) is 14.4 Å². The van der Waals surface area contributed by atoms with E-state index < -0.39 is 0 Å². The fourth-order valence-corrected chi connectivity index (χ4v) is 8.19. The Bertz CT molecular complexity index is 3050. The van der Waals surface area contributed by atoms with Crippen LogP contribution in [0.25, 0.3) is 104 Å². The average Bonchev–Trinajstić information content (AvgIpc) is 3.61. The van der Waals surface area contributed by atoms with Crippen LogP contribution in [-0.4, -0.2) is 14.4 Å². The molecule has 0 atom stereocenters. The number of aromatic nitrogens is 3. The van der Waals surface area contributed by atoms with Crippen LogP contribution in [0.5, 0.6) is 0 Å². The Morgan fingerprint density at radius 3 is 1.55 bits per heavy atom. The standard InChI is InChI=1S/C46H27N3/c1-6-32-22-23-33-7-2-10-37-38-12-4-13-39-40(26-34-8-3-11-36(44(34)45(38)39)35(9-1)42(32)43(33)37)30-18-14-28(15-19-30)29-16-20-31(21-17-29)41-27-49-25-5-24-47-46(49)48-41/h1-27H. The summed E-state index contributed by atoms with van der Waals surface area (Å²) in [5.74, 6) is 0.707. The van der Waals surface area contributed by atoms with Crippen LogP contribution in [0.4, 0.5) is 0 Å². The molecule has 11 aromatic rings. The van der Waals surface area contributed by atoms with E-state index in [4.69, 9.17) is 0 Å². The summed E-state index contributed by atoms with van der Waals surface area (Å²) in [6, 6.07) is 53.7. The lowest BCUT2D eigenvalue weighted by Crippen LogP contribution is -1.90. The summed E-state index contributed by atoms with van der Waals surface area (Å²) in [6.07, 6.45) is 5.77.